The predicted molar refractivity (Wildman–Crippen MR) is 335 cm³/mol. The van der Waals surface area contributed by atoms with E-state index in [2.05, 4.69) is 264 Å². The second-order valence-electron chi connectivity index (χ2n) is 23.9. The van der Waals surface area contributed by atoms with Crippen LogP contribution in [-0.4, -0.2) is 9.13 Å². The van der Waals surface area contributed by atoms with Crippen LogP contribution in [0.5, 0.6) is 0 Å². The molecule has 0 atom stereocenters. The Kier molecular flexibility index (Phi) is 9.44. The van der Waals surface area contributed by atoms with Gasteiger partial charge in [-0.05, 0) is 176 Å². The monoisotopic (exact) mass is 1020 g/mol. The zero-order chi connectivity index (χ0) is 52.2. The fraction of sp³-hybridized carbons (Fsp3) is 0.128. The van der Waals surface area contributed by atoms with Crippen LogP contribution >= 0.6 is 0 Å². The Bertz CT molecular complexity index is 4870. The lowest BCUT2D eigenvalue weighted by Crippen LogP contribution is -2.55. The summed E-state index contributed by atoms with van der Waals surface area (Å²) in [5, 5.41) is 9.96. The molecule has 4 bridgehead atoms. The number of aromatic nitrogens is 2. The Hall–Kier alpha value is -9.24. The standard InChI is InChI=1S/C78H56N2/c1-2-14-51(15-3-1)58-36-38-74(64-19-6-4-16-60(58)64)79-72-24-12-9-21-66(72)68-34-31-54(46-76(68)79)55-32-35-69-67-22-10-13-25-73(67)80(77(69)47-55)75-39-37-59(61-17-5-7-20-65(61)75)52-28-26-50(27-29-52)53-30-33-63-62-18-8-11-23-70(62)78(71(63)45-53)56-41-48-40-49(43-56)44-57(78)42-48/h1-39,45-49,56-57H,40-44H2. The number of fused-ring (bicyclic) bond motifs is 11. The maximum Gasteiger partial charge on any atom is 0.0547 e. The van der Waals surface area contributed by atoms with Crippen molar-refractivity contribution in [2.24, 2.45) is 23.7 Å². The number of hydrogen-bond donors (Lipinski definition) is 0. The summed E-state index contributed by atoms with van der Waals surface area (Å²) in [5.74, 6) is 3.38. The molecular weight excluding hydrogens is 965 g/mol. The van der Waals surface area contributed by atoms with Gasteiger partial charge in [0.15, 0.2) is 0 Å². The van der Waals surface area contributed by atoms with Crippen LogP contribution in [0.4, 0.5) is 0 Å². The Morgan fingerprint density at radius 3 is 1.23 bits per heavy atom. The van der Waals surface area contributed by atoms with Gasteiger partial charge in [0.05, 0.1) is 33.4 Å². The molecule has 12 aromatic carbocycles. The van der Waals surface area contributed by atoms with Crippen molar-refractivity contribution in [1.29, 1.82) is 0 Å². The molecule has 5 aliphatic carbocycles. The maximum atomic E-state index is 2.62. The van der Waals surface area contributed by atoms with Crippen molar-refractivity contribution in [2.45, 2.75) is 37.5 Å². The van der Waals surface area contributed by atoms with Gasteiger partial charge in [0.25, 0.3) is 0 Å². The molecule has 4 fully saturated rings. The zero-order valence-corrected chi connectivity index (χ0v) is 44.5. The molecule has 0 unspecified atom stereocenters. The summed E-state index contributed by atoms with van der Waals surface area (Å²) in [6.07, 6.45) is 7.08. The first kappa shape index (κ1) is 44.7. The number of hydrogen-bond acceptors (Lipinski definition) is 0. The summed E-state index contributed by atoms with van der Waals surface area (Å²) in [6.45, 7) is 0. The molecule has 2 aromatic heterocycles. The highest BCUT2D eigenvalue weighted by molar-refractivity contribution is 6.15. The van der Waals surface area contributed by atoms with Gasteiger partial charge in [0.1, 0.15) is 0 Å². The molecule has 2 heterocycles. The predicted octanol–water partition coefficient (Wildman–Crippen LogP) is 20.6. The van der Waals surface area contributed by atoms with E-state index in [9.17, 15) is 0 Å². The molecule has 0 radical (unpaired) electrons. The summed E-state index contributed by atoms with van der Waals surface area (Å²) in [6, 6.07) is 96.5. The van der Waals surface area contributed by atoms with Gasteiger partial charge in [-0.15, -0.1) is 0 Å². The minimum Gasteiger partial charge on any atom is -0.309 e. The average Bonchev–Trinajstić information content (AvgIpc) is 4.03. The number of rotatable bonds is 6. The van der Waals surface area contributed by atoms with Crippen LogP contribution in [0.2, 0.25) is 0 Å². The lowest BCUT2D eigenvalue weighted by Gasteiger charge is -2.61. The van der Waals surface area contributed by atoms with Crippen molar-refractivity contribution < 1.29 is 0 Å². The molecule has 378 valence electrons. The Labute approximate surface area is 465 Å². The molecule has 2 heteroatoms. The molecule has 0 N–H and O–H groups in total. The largest absolute Gasteiger partial charge is 0.309 e. The van der Waals surface area contributed by atoms with E-state index in [1.165, 1.54) is 164 Å². The van der Waals surface area contributed by atoms with Crippen molar-refractivity contribution >= 4 is 65.2 Å². The van der Waals surface area contributed by atoms with Crippen LogP contribution in [0.15, 0.2) is 255 Å². The topological polar surface area (TPSA) is 9.86 Å². The third kappa shape index (κ3) is 6.25. The van der Waals surface area contributed by atoms with Crippen molar-refractivity contribution in [2.75, 3.05) is 0 Å². The molecule has 4 saturated carbocycles. The maximum absolute atomic E-state index is 2.62. The molecule has 0 aliphatic heterocycles. The molecular formula is C78H56N2. The molecule has 80 heavy (non-hydrogen) atoms. The van der Waals surface area contributed by atoms with Gasteiger partial charge in [-0.3, -0.25) is 0 Å². The van der Waals surface area contributed by atoms with Crippen molar-refractivity contribution in [3.05, 3.63) is 266 Å². The van der Waals surface area contributed by atoms with E-state index in [-0.39, 0.29) is 5.41 Å². The Balaban J connectivity index is 0.741. The quantitative estimate of drug-likeness (QED) is 0.157. The van der Waals surface area contributed by atoms with Crippen LogP contribution in [-0.2, 0) is 5.41 Å². The first-order valence-corrected chi connectivity index (χ1v) is 29.2. The van der Waals surface area contributed by atoms with E-state index >= 15 is 0 Å². The first-order chi connectivity index (χ1) is 39.6. The third-order valence-corrected chi connectivity index (χ3v) is 20.1. The summed E-state index contributed by atoms with van der Waals surface area (Å²) < 4.78 is 5.01. The molecule has 0 saturated heterocycles. The minimum absolute atomic E-state index is 0.165. The van der Waals surface area contributed by atoms with Gasteiger partial charge in [0.2, 0.25) is 0 Å². The van der Waals surface area contributed by atoms with E-state index in [0.717, 1.165) is 23.7 Å². The zero-order valence-electron chi connectivity index (χ0n) is 44.5. The van der Waals surface area contributed by atoms with Crippen LogP contribution in [0, 0.1) is 23.7 Å². The van der Waals surface area contributed by atoms with Crippen molar-refractivity contribution in [1.82, 2.24) is 9.13 Å². The minimum atomic E-state index is 0.165. The SMILES string of the molecule is c1ccc(-c2ccc(-n3c4ccccc4c4ccc(-c5ccc6c7ccccc7n(-c7ccc(-c8ccc(-c9ccc%10c(c9)C9(c%11ccccc%11-%10)C%10CC%11CC(C%10)CC9C%11)cc8)c8ccccc78)c6c5)cc43)c3ccccc23)cc1. The van der Waals surface area contributed by atoms with E-state index in [4.69, 9.17) is 0 Å². The van der Waals surface area contributed by atoms with Crippen LogP contribution in [0.25, 0.3) is 132 Å². The molecule has 14 aromatic rings. The second kappa shape index (κ2) is 16.9. The second-order valence-corrected chi connectivity index (χ2v) is 23.9. The number of benzene rings is 12. The molecule has 5 aliphatic rings. The molecule has 1 spiro atoms. The van der Waals surface area contributed by atoms with Gasteiger partial charge < -0.3 is 9.13 Å². The highest BCUT2D eigenvalue weighted by Crippen LogP contribution is 2.69. The van der Waals surface area contributed by atoms with Gasteiger partial charge in [-0.1, -0.05) is 212 Å². The fourth-order valence-electron chi connectivity index (χ4n) is 17.1. The van der Waals surface area contributed by atoms with Crippen LogP contribution < -0.4 is 0 Å². The summed E-state index contributed by atoms with van der Waals surface area (Å²) in [7, 11) is 0. The first-order valence-electron chi connectivity index (χ1n) is 29.2. The lowest BCUT2D eigenvalue weighted by molar-refractivity contribution is -0.0399. The van der Waals surface area contributed by atoms with Gasteiger partial charge in [0, 0.05) is 37.7 Å². The van der Waals surface area contributed by atoms with E-state index in [1.54, 1.807) is 11.1 Å². The number of para-hydroxylation sites is 2. The molecule has 19 rings (SSSR count). The van der Waals surface area contributed by atoms with Gasteiger partial charge in [-0.25, -0.2) is 0 Å². The summed E-state index contributed by atoms with van der Waals surface area (Å²) in [5.41, 5.74) is 23.5. The average molecular weight is 1020 g/mol. The summed E-state index contributed by atoms with van der Waals surface area (Å²) >= 11 is 0. The van der Waals surface area contributed by atoms with E-state index < -0.39 is 0 Å². The third-order valence-electron chi connectivity index (χ3n) is 20.1. The highest BCUT2D eigenvalue weighted by Gasteiger charge is 2.61. The Morgan fingerprint density at radius 2 is 0.650 bits per heavy atom. The van der Waals surface area contributed by atoms with E-state index in [0.29, 0.717) is 0 Å². The highest BCUT2D eigenvalue weighted by atomic mass is 15.0. The van der Waals surface area contributed by atoms with Crippen molar-refractivity contribution in [3.63, 3.8) is 0 Å². The van der Waals surface area contributed by atoms with Gasteiger partial charge in [-0.2, -0.15) is 0 Å². The normalized spacial score (nSPS) is 19.8. The van der Waals surface area contributed by atoms with Crippen molar-refractivity contribution in [3.8, 4) is 67.0 Å². The smallest absolute Gasteiger partial charge is 0.0547 e. The van der Waals surface area contributed by atoms with Gasteiger partial charge >= 0.3 is 0 Å². The summed E-state index contributed by atoms with van der Waals surface area (Å²) in [4.78, 5) is 0. The van der Waals surface area contributed by atoms with Crippen LogP contribution in [0.3, 0.4) is 0 Å². The van der Waals surface area contributed by atoms with E-state index in [1.807, 2.05) is 0 Å². The molecule has 2 nitrogen and oxygen atoms in total. The fourth-order valence-corrected chi connectivity index (χ4v) is 17.1. The lowest BCUT2D eigenvalue weighted by atomic mass is 9.43. The van der Waals surface area contributed by atoms with Crippen LogP contribution in [0.1, 0.15) is 43.2 Å². The number of nitrogens with zero attached hydrogens (tertiary/aromatic N) is 2. The Morgan fingerprint density at radius 1 is 0.250 bits per heavy atom. The molecule has 0 amide bonds.